The molecule has 0 aromatic heterocycles. The van der Waals surface area contributed by atoms with E-state index in [0.717, 1.165) is 22.7 Å². The van der Waals surface area contributed by atoms with E-state index in [4.69, 9.17) is 4.74 Å². The van der Waals surface area contributed by atoms with Gasteiger partial charge in [0.05, 0.1) is 28.1 Å². The highest BCUT2D eigenvalue weighted by Crippen LogP contribution is 2.37. The summed E-state index contributed by atoms with van der Waals surface area (Å²) in [6.45, 7) is 5.49. The zero-order chi connectivity index (χ0) is 26.9. The highest BCUT2D eigenvalue weighted by atomic mass is 19.4. The van der Waals surface area contributed by atoms with Crippen LogP contribution in [0.5, 0.6) is 11.5 Å². The lowest BCUT2D eigenvalue weighted by atomic mass is 9.97. The first kappa shape index (κ1) is 25.7. The Bertz CT molecular complexity index is 1420. The van der Waals surface area contributed by atoms with Gasteiger partial charge in [0.15, 0.2) is 0 Å². The molecule has 3 aromatic rings. The van der Waals surface area contributed by atoms with Gasteiger partial charge >= 0.3 is 12.1 Å². The minimum atomic E-state index is -4.60. The van der Waals surface area contributed by atoms with E-state index < -0.39 is 23.6 Å². The van der Waals surface area contributed by atoms with Crippen LogP contribution in [-0.2, 0) is 11.0 Å². The number of hydrogen-bond acceptors (Lipinski definition) is 4. The van der Waals surface area contributed by atoms with Crippen molar-refractivity contribution < 1.29 is 32.6 Å². The van der Waals surface area contributed by atoms with Crippen LogP contribution < -0.4 is 9.75 Å². The number of ether oxygens (including phenoxy) is 1. The van der Waals surface area contributed by atoms with E-state index in [9.17, 15) is 27.9 Å². The second kappa shape index (κ2) is 9.93. The molecule has 0 radical (unpaired) electrons. The van der Waals surface area contributed by atoms with Crippen LogP contribution >= 0.6 is 0 Å². The Morgan fingerprint density at radius 3 is 2.38 bits per heavy atom. The monoisotopic (exact) mass is 508 g/mol. The fraction of sp³-hybridized carbons (Fsp3) is 0.179. The summed E-state index contributed by atoms with van der Waals surface area (Å²) < 4.78 is 46.5. The molecule has 1 aliphatic heterocycles. The van der Waals surface area contributed by atoms with E-state index in [1.54, 1.807) is 26.0 Å². The number of hydrogen-bond donors (Lipinski definition) is 1. The average molecular weight is 508 g/mol. The number of carboxylic acids is 1. The van der Waals surface area contributed by atoms with E-state index >= 15 is 0 Å². The van der Waals surface area contributed by atoms with Crippen LogP contribution in [0.2, 0.25) is 0 Å². The van der Waals surface area contributed by atoms with Gasteiger partial charge in [0.2, 0.25) is 0 Å². The Morgan fingerprint density at radius 1 is 1.05 bits per heavy atom. The molecule has 1 N–H and O–H groups in total. The van der Waals surface area contributed by atoms with E-state index in [1.807, 2.05) is 19.1 Å². The number of aryl methyl sites for hydroxylation is 1. The van der Waals surface area contributed by atoms with Gasteiger partial charge in [-0.05, 0) is 67.4 Å². The Kier molecular flexibility index (Phi) is 6.89. The summed E-state index contributed by atoms with van der Waals surface area (Å²) >= 11 is 0. The van der Waals surface area contributed by atoms with Crippen LogP contribution in [0.1, 0.15) is 40.9 Å². The average Bonchev–Trinajstić information content (AvgIpc) is 3.17. The van der Waals surface area contributed by atoms with Crippen LogP contribution in [0, 0.1) is 12.8 Å². The van der Waals surface area contributed by atoms with E-state index in [2.05, 4.69) is 5.10 Å². The molecule has 0 aliphatic carbocycles. The number of benzene rings is 3. The fourth-order valence-corrected chi connectivity index (χ4v) is 3.76. The van der Waals surface area contributed by atoms with E-state index in [0.29, 0.717) is 11.5 Å². The Hall–Kier alpha value is -4.40. The molecule has 1 amide bonds. The standard InChI is InChI=1S/C28H23F3N2O4/c1-16(2)25-23(26(34)33(32-25)21-6-4-5-18(14-21)27(35)36)15-19-13-20(28(29,30)31)9-12-24(19)37-22-10-7-17(3)8-11-22/h4-16H,1-3H3,(H,35,36)/b23-15+. The molecule has 0 atom stereocenters. The van der Waals surface area contributed by atoms with Crippen molar-refractivity contribution in [2.45, 2.75) is 26.9 Å². The van der Waals surface area contributed by atoms with Crippen molar-refractivity contribution >= 4 is 29.4 Å². The zero-order valence-electron chi connectivity index (χ0n) is 20.2. The summed E-state index contributed by atoms with van der Waals surface area (Å²) in [6, 6.07) is 15.8. The van der Waals surface area contributed by atoms with Crippen molar-refractivity contribution in [2.75, 3.05) is 5.01 Å². The third-order valence-corrected chi connectivity index (χ3v) is 5.68. The third kappa shape index (κ3) is 5.55. The number of alkyl halides is 3. The molecule has 0 fully saturated rings. The predicted molar refractivity (Wildman–Crippen MR) is 134 cm³/mol. The lowest BCUT2D eigenvalue weighted by Gasteiger charge is -2.14. The third-order valence-electron chi connectivity index (χ3n) is 5.68. The van der Waals surface area contributed by atoms with Gasteiger partial charge in [-0.15, -0.1) is 0 Å². The lowest BCUT2D eigenvalue weighted by Crippen LogP contribution is -2.22. The topological polar surface area (TPSA) is 79.2 Å². The molecule has 0 spiro atoms. The number of carbonyl (C=O) groups excluding carboxylic acids is 1. The first-order valence-electron chi connectivity index (χ1n) is 11.4. The van der Waals surface area contributed by atoms with Crippen molar-refractivity contribution in [3.8, 4) is 11.5 Å². The molecule has 0 unspecified atom stereocenters. The lowest BCUT2D eigenvalue weighted by molar-refractivity contribution is -0.137. The molecular formula is C28H23F3N2O4. The van der Waals surface area contributed by atoms with Crippen LogP contribution in [0.15, 0.2) is 77.4 Å². The van der Waals surface area contributed by atoms with Crippen molar-refractivity contribution in [1.82, 2.24) is 0 Å². The van der Waals surface area contributed by atoms with Gasteiger partial charge < -0.3 is 9.84 Å². The highest BCUT2D eigenvalue weighted by Gasteiger charge is 2.34. The second-order valence-corrected chi connectivity index (χ2v) is 8.84. The Balaban J connectivity index is 1.81. The summed E-state index contributed by atoms with van der Waals surface area (Å²) in [5.74, 6) is -1.46. The summed E-state index contributed by atoms with van der Waals surface area (Å²) in [5.41, 5.74) is 0.780. The van der Waals surface area contributed by atoms with Gasteiger partial charge in [0.1, 0.15) is 11.5 Å². The number of carbonyl (C=O) groups is 2. The van der Waals surface area contributed by atoms with Crippen LogP contribution in [0.4, 0.5) is 18.9 Å². The van der Waals surface area contributed by atoms with Crippen molar-refractivity contribution in [2.24, 2.45) is 11.0 Å². The smallest absolute Gasteiger partial charge is 0.416 e. The summed E-state index contributed by atoms with van der Waals surface area (Å²) in [5, 5.41) is 14.8. The molecule has 9 heteroatoms. The molecule has 1 aliphatic rings. The first-order valence-corrected chi connectivity index (χ1v) is 11.4. The van der Waals surface area contributed by atoms with Crippen LogP contribution in [0.25, 0.3) is 6.08 Å². The van der Waals surface area contributed by atoms with Crippen molar-refractivity contribution in [3.05, 3.63) is 94.6 Å². The van der Waals surface area contributed by atoms with E-state index in [-0.39, 0.29) is 34.1 Å². The predicted octanol–water partition coefficient (Wildman–Crippen LogP) is 6.95. The van der Waals surface area contributed by atoms with Crippen molar-refractivity contribution in [3.63, 3.8) is 0 Å². The number of amides is 1. The molecule has 190 valence electrons. The van der Waals surface area contributed by atoms with Crippen molar-refractivity contribution in [1.29, 1.82) is 0 Å². The Morgan fingerprint density at radius 2 is 1.76 bits per heavy atom. The second-order valence-electron chi connectivity index (χ2n) is 8.84. The minimum absolute atomic E-state index is 0.0318. The van der Waals surface area contributed by atoms with Gasteiger partial charge in [0, 0.05) is 5.56 Å². The molecule has 37 heavy (non-hydrogen) atoms. The minimum Gasteiger partial charge on any atom is -0.478 e. The maximum Gasteiger partial charge on any atom is 0.416 e. The molecule has 0 bridgehead atoms. The largest absolute Gasteiger partial charge is 0.478 e. The maximum atomic E-state index is 13.5. The number of rotatable bonds is 6. The van der Waals surface area contributed by atoms with Gasteiger partial charge in [-0.2, -0.15) is 23.3 Å². The molecule has 0 saturated heterocycles. The normalized spacial score (nSPS) is 14.9. The number of hydrazone groups is 1. The van der Waals surface area contributed by atoms with Crippen LogP contribution in [0.3, 0.4) is 0 Å². The SMILES string of the molecule is Cc1ccc(Oc2ccc(C(F)(F)F)cc2/C=C2/C(=O)N(c3cccc(C(=O)O)c3)N=C2C(C)C)cc1. The quantitative estimate of drug-likeness (QED) is 0.366. The number of aromatic carboxylic acids is 1. The van der Waals surface area contributed by atoms with E-state index in [1.165, 1.54) is 36.4 Å². The van der Waals surface area contributed by atoms with Gasteiger partial charge in [0.25, 0.3) is 5.91 Å². The fourth-order valence-electron chi connectivity index (χ4n) is 3.76. The van der Waals surface area contributed by atoms with Crippen LogP contribution in [-0.4, -0.2) is 22.7 Å². The molecule has 4 rings (SSSR count). The van der Waals surface area contributed by atoms with Gasteiger partial charge in [-0.1, -0.05) is 37.6 Å². The number of carboxylic acid groups (broad SMARTS) is 1. The zero-order valence-corrected chi connectivity index (χ0v) is 20.2. The number of halogens is 3. The summed E-state index contributed by atoms with van der Waals surface area (Å²) in [6.07, 6.45) is -3.27. The Labute approximate surface area is 211 Å². The molecule has 6 nitrogen and oxygen atoms in total. The molecular weight excluding hydrogens is 485 g/mol. The number of nitrogens with zero attached hydrogens (tertiary/aromatic N) is 2. The maximum absolute atomic E-state index is 13.5. The molecule has 0 saturated carbocycles. The first-order chi connectivity index (χ1) is 17.4. The number of anilines is 1. The summed E-state index contributed by atoms with van der Waals surface area (Å²) in [4.78, 5) is 24.8. The molecule has 3 aromatic carbocycles. The summed E-state index contributed by atoms with van der Waals surface area (Å²) in [7, 11) is 0. The van der Waals surface area contributed by atoms with Gasteiger partial charge in [-0.25, -0.2) is 4.79 Å². The van der Waals surface area contributed by atoms with Gasteiger partial charge in [-0.3, -0.25) is 4.79 Å². The highest BCUT2D eigenvalue weighted by molar-refractivity contribution is 6.33. The molecule has 1 heterocycles.